The Morgan fingerprint density at radius 3 is 2.71 bits per heavy atom. The molecule has 126 valence electrons. The van der Waals surface area contributed by atoms with Gasteiger partial charge in [0.15, 0.2) is 5.16 Å². The first-order valence-corrected chi connectivity index (χ1v) is 8.93. The first kappa shape index (κ1) is 15.6. The van der Waals surface area contributed by atoms with Crippen LogP contribution in [0.15, 0.2) is 23.4 Å². The molecule has 2 aliphatic rings. The second-order valence-electron chi connectivity index (χ2n) is 6.18. The molecule has 0 aliphatic heterocycles. The van der Waals surface area contributed by atoms with Crippen LogP contribution in [0.1, 0.15) is 43.5 Å². The van der Waals surface area contributed by atoms with E-state index in [-0.39, 0.29) is 17.3 Å². The first-order valence-electron chi connectivity index (χ1n) is 7.94. The van der Waals surface area contributed by atoms with Crippen LogP contribution in [0.2, 0.25) is 0 Å². The summed E-state index contributed by atoms with van der Waals surface area (Å²) in [5.74, 6) is -0.175. The number of benzene rings is 1. The van der Waals surface area contributed by atoms with Crippen molar-refractivity contribution in [2.75, 3.05) is 11.1 Å². The van der Waals surface area contributed by atoms with E-state index in [0.29, 0.717) is 12.0 Å². The summed E-state index contributed by atoms with van der Waals surface area (Å²) in [5, 5.41) is 11.7. The normalized spacial score (nSPS) is 17.1. The molecule has 4 rings (SSSR count). The van der Waals surface area contributed by atoms with E-state index in [0.717, 1.165) is 48.8 Å². The van der Waals surface area contributed by atoms with Crippen LogP contribution in [-0.2, 0) is 4.79 Å². The van der Waals surface area contributed by atoms with Gasteiger partial charge in [0.2, 0.25) is 5.91 Å². The van der Waals surface area contributed by atoms with Crippen LogP contribution in [0.5, 0.6) is 0 Å². The van der Waals surface area contributed by atoms with E-state index in [1.54, 1.807) is 0 Å². The van der Waals surface area contributed by atoms with Crippen LogP contribution in [0.25, 0.3) is 0 Å². The van der Waals surface area contributed by atoms with Crippen molar-refractivity contribution in [1.82, 2.24) is 14.8 Å². The molecule has 2 aliphatic carbocycles. The topological polar surface area (TPSA) is 59.8 Å². The van der Waals surface area contributed by atoms with Crippen LogP contribution in [-0.4, -0.2) is 26.4 Å². The van der Waals surface area contributed by atoms with Gasteiger partial charge in [-0.1, -0.05) is 11.8 Å². The third-order valence-corrected chi connectivity index (χ3v) is 5.03. The molecule has 0 atom stereocenters. The number of carbonyl (C=O) groups excluding carboxylic acids is 1. The van der Waals surface area contributed by atoms with Gasteiger partial charge in [-0.05, 0) is 37.8 Å². The summed E-state index contributed by atoms with van der Waals surface area (Å²) in [5.41, 5.74) is -0.0238. The molecule has 0 spiro atoms. The minimum Gasteiger partial charge on any atom is -0.323 e. The third kappa shape index (κ3) is 3.28. The van der Waals surface area contributed by atoms with E-state index < -0.39 is 11.6 Å². The van der Waals surface area contributed by atoms with Crippen molar-refractivity contribution in [2.24, 2.45) is 0 Å². The van der Waals surface area contributed by atoms with Crippen LogP contribution in [0.4, 0.5) is 14.5 Å². The largest absolute Gasteiger partial charge is 0.323 e. The summed E-state index contributed by atoms with van der Waals surface area (Å²) < 4.78 is 28.6. The lowest BCUT2D eigenvalue weighted by molar-refractivity contribution is -0.113. The quantitative estimate of drug-likeness (QED) is 0.810. The Morgan fingerprint density at radius 1 is 1.25 bits per heavy atom. The molecule has 1 amide bonds. The van der Waals surface area contributed by atoms with E-state index in [4.69, 9.17) is 0 Å². The SMILES string of the molecule is O=C(CSc1nnc(C2CC2)n1C1CC1)Nc1ccc(F)cc1F. The van der Waals surface area contributed by atoms with Crippen LogP contribution in [0, 0.1) is 11.6 Å². The molecule has 5 nitrogen and oxygen atoms in total. The second-order valence-corrected chi connectivity index (χ2v) is 7.12. The lowest BCUT2D eigenvalue weighted by atomic mass is 10.3. The van der Waals surface area contributed by atoms with Crippen LogP contribution < -0.4 is 5.32 Å². The first-order chi connectivity index (χ1) is 11.6. The van der Waals surface area contributed by atoms with Crippen LogP contribution in [0.3, 0.4) is 0 Å². The second kappa shape index (κ2) is 6.16. The highest BCUT2D eigenvalue weighted by Gasteiger charge is 2.36. The van der Waals surface area contributed by atoms with Gasteiger partial charge in [0.25, 0.3) is 0 Å². The number of nitrogens with zero attached hydrogens (tertiary/aromatic N) is 3. The van der Waals surface area contributed by atoms with Gasteiger partial charge in [0.1, 0.15) is 17.5 Å². The Morgan fingerprint density at radius 2 is 2.04 bits per heavy atom. The highest BCUT2D eigenvalue weighted by atomic mass is 32.2. The van der Waals surface area contributed by atoms with Crippen molar-refractivity contribution < 1.29 is 13.6 Å². The monoisotopic (exact) mass is 350 g/mol. The fourth-order valence-electron chi connectivity index (χ4n) is 2.59. The average molecular weight is 350 g/mol. The molecule has 2 saturated carbocycles. The Balaban J connectivity index is 1.40. The van der Waals surface area contributed by atoms with Crippen molar-refractivity contribution in [3.63, 3.8) is 0 Å². The molecule has 0 radical (unpaired) electrons. The molecule has 1 aromatic carbocycles. The van der Waals surface area contributed by atoms with E-state index in [1.165, 1.54) is 17.8 Å². The maximum Gasteiger partial charge on any atom is 0.234 e. The van der Waals surface area contributed by atoms with Gasteiger partial charge in [-0.15, -0.1) is 10.2 Å². The lowest BCUT2D eigenvalue weighted by Crippen LogP contribution is -2.15. The van der Waals surface area contributed by atoms with Crippen molar-refractivity contribution >= 4 is 23.4 Å². The summed E-state index contributed by atoms with van der Waals surface area (Å²) >= 11 is 1.30. The average Bonchev–Trinajstić information content (AvgIpc) is 3.47. The van der Waals surface area contributed by atoms with Gasteiger partial charge in [-0.25, -0.2) is 8.78 Å². The summed E-state index contributed by atoms with van der Waals surface area (Å²) in [7, 11) is 0. The molecule has 0 unspecified atom stereocenters. The molecule has 1 N–H and O–H groups in total. The maximum atomic E-state index is 13.6. The van der Waals surface area contributed by atoms with Crippen LogP contribution >= 0.6 is 11.8 Å². The van der Waals surface area contributed by atoms with Gasteiger partial charge in [0, 0.05) is 18.0 Å². The minimum atomic E-state index is -0.787. The number of thioether (sulfide) groups is 1. The van der Waals surface area contributed by atoms with Crippen molar-refractivity contribution in [1.29, 1.82) is 0 Å². The number of nitrogens with one attached hydrogen (secondary N) is 1. The molecule has 24 heavy (non-hydrogen) atoms. The molecule has 0 bridgehead atoms. The highest BCUT2D eigenvalue weighted by molar-refractivity contribution is 7.99. The molecule has 1 aromatic heterocycles. The summed E-state index contributed by atoms with van der Waals surface area (Å²) in [4.78, 5) is 12.0. The van der Waals surface area contributed by atoms with Crippen molar-refractivity contribution in [2.45, 2.75) is 42.8 Å². The lowest BCUT2D eigenvalue weighted by Gasteiger charge is -2.09. The predicted octanol–water partition coefficient (Wildman–Crippen LogP) is 3.50. The minimum absolute atomic E-state index is 0.0238. The third-order valence-electron chi connectivity index (χ3n) is 4.08. The summed E-state index contributed by atoms with van der Waals surface area (Å²) in [6.07, 6.45) is 4.55. The van der Waals surface area contributed by atoms with Gasteiger partial charge in [-0.3, -0.25) is 4.79 Å². The Hall–Kier alpha value is -1.96. The number of hydrogen-bond donors (Lipinski definition) is 1. The standard InChI is InChI=1S/C16H16F2N4OS/c17-10-3-6-13(12(18)7-10)19-14(23)8-24-16-21-20-15(9-1-2-9)22(16)11-4-5-11/h3,6-7,9,11H,1-2,4-5,8H2,(H,19,23). The highest BCUT2D eigenvalue weighted by Crippen LogP contribution is 2.45. The number of rotatable bonds is 6. The fraction of sp³-hybridized carbons (Fsp3) is 0.438. The molecule has 2 fully saturated rings. The Bertz CT molecular complexity index is 786. The zero-order valence-electron chi connectivity index (χ0n) is 12.8. The van der Waals surface area contributed by atoms with E-state index in [1.807, 2.05) is 0 Å². The van der Waals surface area contributed by atoms with Gasteiger partial charge >= 0.3 is 0 Å². The number of hydrogen-bond acceptors (Lipinski definition) is 4. The zero-order valence-corrected chi connectivity index (χ0v) is 13.7. The number of aromatic nitrogens is 3. The predicted molar refractivity (Wildman–Crippen MR) is 86.0 cm³/mol. The van der Waals surface area contributed by atoms with Gasteiger partial charge in [0.05, 0.1) is 11.4 Å². The number of amides is 1. The van der Waals surface area contributed by atoms with Crippen molar-refractivity contribution in [3.8, 4) is 0 Å². The molecular weight excluding hydrogens is 334 g/mol. The van der Waals surface area contributed by atoms with Crippen molar-refractivity contribution in [3.05, 3.63) is 35.7 Å². The molecule has 8 heteroatoms. The molecule has 2 aromatic rings. The van der Waals surface area contributed by atoms with Gasteiger partial charge in [-0.2, -0.15) is 0 Å². The van der Waals surface area contributed by atoms with E-state index in [9.17, 15) is 13.6 Å². The van der Waals surface area contributed by atoms with E-state index >= 15 is 0 Å². The van der Waals surface area contributed by atoms with E-state index in [2.05, 4.69) is 20.1 Å². The maximum absolute atomic E-state index is 13.6. The van der Waals surface area contributed by atoms with Gasteiger partial charge < -0.3 is 9.88 Å². The Labute approximate surface area is 141 Å². The summed E-state index contributed by atoms with van der Waals surface area (Å²) in [6.45, 7) is 0. The molecule has 0 saturated heterocycles. The molecular formula is C16H16F2N4OS. The summed E-state index contributed by atoms with van der Waals surface area (Å²) in [6, 6.07) is 3.52. The number of halogens is 2. The molecule has 1 heterocycles. The number of carbonyl (C=O) groups is 1. The zero-order chi connectivity index (χ0) is 16.7. The fourth-order valence-corrected chi connectivity index (χ4v) is 3.40. The Kier molecular flexibility index (Phi) is 3.99. The number of anilines is 1. The smallest absolute Gasteiger partial charge is 0.234 e.